The van der Waals surface area contributed by atoms with Gasteiger partial charge in [-0.05, 0) is 18.1 Å². The van der Waals surface area contributed by atoms with Crippen molar-refractivity contribution in [1.82, 2.24) is 0 Å². The van der Waals surface area contributed by atoms with Crippen molar-refractivity contribution in [2.75, 3.05) is 5.32 Å². The molecular formula is C17H19ClN2O2. The molecule has 1 aromatic carbocycles. The molecule has 0 aliphatic heterocycles. The zero-order chi connectivity index (χ0) is 15.9. The minimum absolute atomic E-state index is 0.293. The van der Waals surface area contributed by atoms with Crippen LogP contribution in [-0.2, 0) is 9.59 Å². The lowest BCUT2D eigenvalue weighted by Gasteiger charge is -2.21. The topological polar surface area (TPSA) is 70.0 Å². The van der Waals surface area contributed by atoms with Gasteiger partial charge in [-0.1, -0.05) is 55.8 Å². The van der Waals surface area contributed by atoms with Crippen molar-refractivity contribution in [3.05, 3.63) is 29.3 Å². The van der Waals surface area contributed by atoms with E-state index in [2.05, 4.69) is 5.32 Å². The predicted octanol–water partition coefficient (Wildman–Crippen LogP) is 3.96. The van der Waals surface area contributed by atoms with E-state index in [1.807, 2.05) is 6.07 Å². The van der Waals surface area contributed by atoms with Crippen LogP contribution in [0.1, 0.15) is 38.5 Å². The molecule has 0 heterocycles. The monoisotopic (exact) mass is 318 g/mol. The van der Waals surface area contributed by atoms with Gasteiger partial charge in [-0.2, -0.15) is 5.26 Å². The van der Waals surface area contributed by atoms with Gasteiger partial charge in [-0.25, -0.2) is 0 Å². The van der Waals surface area contributed by atoms with Gasteiger partial charge in [0.1, 0.15) is 0 Å². The number of para-hydroxylation sites is 1. The first-order valence-corrected chi connectivity index (χ1v) is 7.97. The van der Waals surface area contributed by atoms with Crippen LogP contribution in [0.15, 0.2) is 24.3 Å². The number of Topliss-reactive ketones (excluding diaryl/α,β-unsaturated/α-hetero) is 1. The molecule has 1 fully saturated rings. The molecule has 0 bridgehead atoms. The molecule has 5 heteroatoms. The number of halogens is 1. The fraction of sp³-hybridized carbons (Fsp3) is 0.471. The second-order valence-electron chi connectivity index (χ2n) is 5.71. The summed E-state index contributed by atoms with van der Waals surface area (Å²) in [4.78, 5) is 24.4. The van der Waals surface area contributed by atoms with Gasteiger partial charge in [-0.3, -0.25) is 9.59 Å². The summed E-state index contributed by atoms with van der Waals surface area (Å²) in [5, 5.41) is 12.1. The highest BCUT2D eigenvalue weighted by atomic mass is 35.5. The Morgan fingerprint density at radius 1 is 1.27 bits per heavy atom. The van der Waals surface area contributed by atoms with E-state index in [1.54, 1.807) is 24.3 Å². The maximum absolute atomic E-state index is 12.2. The lowest BCUT2D eigenvalue weighted by Crippen LogP contribution is -2.30. The van der Waals surface area contributed by atoms with Crippen LogP contribution >= 0.6 is 11.6 Å². The second kappa shape index (κ2) is 7.95. The number of anilines is 1. The molecule has 1 aliphatic carbocycles. The number of nitrogens with one attached hydrogen (secondary N) is 1. The van der Waals surface area contributed by atoms with Crippen LogP contribution < -0.4 is 5.32 Å². The summed E-state index contributed by atoms with van der Waals surface area (Å²) in [5.74, 6) is -1.85. The number of carbonyl (C=O) groups excluding carboxylic acids is 2. The molecule has 1 atom stereocenters. The van der Waals surface area contributed by atoms with Crippen LogP contribution in [0.5, 0.6) is 0 Å². The molecule has 4 nitrogen and oxygen atoms in total. The second-order valence-corrected chi connectivity index (χ2v) is 6.11. The van der Waals surface area contributed by atoms with Crippen LogP contribution in [0.25, 0.3) is 0 Å². The highest BCUT2D eigenvalue weighted by molar-refractivity contribution is 6.33. The van der Waals surface area contributed by atoms with E-state index >= 15 is 0 Å². The summed E-state index contributed by atoms with van der Waals surface area (Å²) in [5.41, 5.74) is 0.417. The van der Waals surface area contributed by atoms with Gasteiger partial charge in [0.05, 0.1) is 16.8 Å². The van der Waals surface area contributed by atoms with Gasteiger partial charge in [0.25, 0.3) is 0 Å². The van der Waals surface area contributed by atoms with Crippen molar-refractivity contribution < 1.29 is 9.59 Å². The molecule has 0 saturated heterocycles. The van der Waals surface area contributed by atoms with E-state index in [1.165, 1.54) is 6.42 Å². The van der Waals surface area contributed by atoms with E-state index < -0.39 is 11.8 Å². The Morgan fingerprint density at radius 3 is 2.59 bits per heavy atom. The smallest absolute Gasteiger partial charge is 0.249 e. The number of benzene rings is 1. The Morgan fingerprint density at radius 2 is 1.95 bits per heavy atom. The molecule has 2 rings (SSSR count). The van der Waals surface area contributed by atoms with Gasteiger partial charge in [0.15, 0.2) is 11.7 Å². The first-order valence-electron chi connectivity index (χ1n) is 7.59. The molecule has 1 amide bonds. The van der Waals surface area contributed by atoms with Crippen molar-refractivity contribution in [2.45, 2.75) is 38.5 Å². The Balaban J connectivity index is 1.98. The SMILES string of the molecule is N#C[C@@H](C(=O)CC1CCCCC1)C(=O)Nc1ccccc1Cl. The maximum Gasteiger partial charge on any atom is 0.249 e. The Hall–Kier alpha value is -1.86. The Kier molecular flexibility index (Phi) is 5.97. The summed E-state index contributed by atoms with van der Waals surface area (Å²) in [6.07, 6.45) is 5.79. The quantitative estimate of drug-likeness (QED) is 0.835. The molecule has 1 saturated carbocycles. The minimum Gasteiger partial charge on any atom is -0.323 e. The van der Waals surface area contributed by atoms with Gasteiger partial charge >= 0.3 is 0 Å². The van der Waals surface area contributed by atoms with Crippen LogP contribution in [0.3, 0.4) is 0 Å². The number of ketones is 1. The number of nitrogens with zero attached hydrogens (tertiary/aromatic N) is 1. The number of hydrogen-bond donors (Lipinski definition) is 1. The molecule has 116 valence electrons. The molecule has 0 unspecified atom stereocenters. The molecule has 1 aliphatic rings. The molecule has 0 spiro atoms. The zero-order valence-electron chi connectivity index (χ0n) is 12.3. The first kappa shape index (κ1) is 16.5. The number of nitriles is 1. The lowest BCUT2D eigenvalue weighted by atomic mass is 9.83. The Labute approximate surface area is 135 Å². The van der Waals surface area contributed by atoms with Crippen molar-refractivity contribution in [2.24, 2.45) is 11.8 Å². The molecule has 1 N–H and O–H groups in total. The first-order chi connectivity index (χ1) is 10.6. The minimum atomic E-state index is -1.27. The van der Waals surface area contributed by atoms with Crippen LogP contribution in [-0.4, -0.2) is 11.7 Å². The summed E-state index contributed by atoms with van der Waals surface area (Å²) in [6.45, 7) is 0. The van der Waals surface area contributed by atoms with Crippen molar-refractivity contribution in [3.63, 3.8) is 0 Å². The van der Waals surface area contributed by atoms with Crippen LogP contribution in [0.2, 0.25) is 5.02 Å². The number of amides is 1. The molecule has 0 aromatic heterocycles. The van der Waals surface area contributed by atoms with Crippen LogP contribution in [0.4, 0.5) is 5.69 Å². The fourth-order valence-electron chi connectivity index (χ4n) is 2.84. The standard InChI is InChI=1S/C17H19ClN2O2/c18-14-8-4-5-9-15(14)20-17(22)13(11-19)16(21)10-12-6-2-1-3-7-12/h4-5,8-9,12-13H,1-3,6-7,10H2,(H,20,22)/t13-/m0/s1. The predicted molar refractivity (Wildman–Crippen MR) is 85.4 cm³/mol. The van der Waals surface area contributed by atoms with E-state index in [0.717, 1.165) is 25.7 Å². The molecular weight excluding hydrogens is 300 g/mol. The van der Waals surface area contributed by atoms with Crippen LogP contribution in [0, 0.1) is 23.2 Å². The van der Waals surface area contributed by atoms with E-state index in [9.17, 15) is 14.9 Å². The van der Waals surface area contributed by atoms with Crippen molar-refractivity contribution in [3.8, 4) is 6.07 Å². The lowest BCUT2D eigenvalue weighted by molar-refractivity contribution is -0.129. The third-order valence-corrected chi connectivity index (χ3v) is 4.39. The number of hydrogen-bond acceptors (Lipinski definition) is 3. The highest BCUT2D eigenvalue weighted by Crippen LogP contribution is 2.28. The fourth-order valence-corrected chi connectivity index (χ4v) is 3.02. The number of rotatable bonds is 5. The van der Waals surface area contributed by atoms with E-state index in [-0.39, 0.29) is 5.78 Å². The largest absolute Gasteiger partial charge is 0.323 e. The average molecular weight is 319 g/mol. The normalized spacial score (nSPS) is 16.5. The van der Waals surface area contributed by atoms with Gasteiger partial charge in [0.2, 0.25) is 5.91 Å². The molecule has 22 heavy (non-hydrogen) atoms. The van der Waals surface area contributed by atoms with Gasteiger partial charge in [0, 0.05) is 6.42 Å². The summed E-state index contributed by atoms with van der Waals surface area (Å²) < 4.78 is 0. The summed E-state index contributed by atoms with van der Waals surface area (Å²) in [7, 11) is 0. The summed E-state index contributed by atoms with van der Waals surface area (Å²) >= 11 is 5.97. The Bertz CT molecular complexity index is 589. The summed E-state index contributed by atoms with van der Waals surface area (Å²) in [6, 6.07) is 8.58. The van der Waals surface area contributed by atoms with Crippen molar-refractivity contribution >= 4 is 29.0 Å². The average Bonchev–Trinajstić information content (AvgIpc) is 2.51. The van der Waals surface area contributed by atoms with E-state index in [0.29, 0.717) is 23.0 Å². The molecule has 0 radical (unpaired) electrons. The van der Waals surface area contributed by atoms with Gasteiger partial charge < -0.3 is 5.32 Å². The maximum atomic E-state index is 12.2. The third kappa shape index (κ3) is 4.32. The van der Waals surface area contributed by atoms with Gasteiger partial charge in [-0.15, -0.1) is 0 Å². The highest BCUT2D eigenvalue weighted by Gasteiger charge is 2.29. The number of carbonyl (C=O) groups is 2. The third-order valence-electron chi connectivity index (χ3n) is 4.06. The zero-order valence-corrected chi connectivity index (χ0v) is 13.1. The van der Waals surface area contributed by atoms with E-state index in [4.69, 9.17) is 11.6 Å². The van der Waals surface area contributed by atoms with Crippen molar-refractivity contribution in [1.29, 1.82) is 5.26 Å². The molecule has 1 aromatic rings.